The van der Waals surface area contributed by atoms with Crippen molar-refractivity contribution in [3.05, 3.63) is 34.9 Å². The van der Waals surface area contributed by atoms with Crippen LogP contribution >= 0.6 is 0 Å². The van der Waals surface area contributed by atoms with Crippen LogP contribution in [0.3, 0.4) is 0 Å². The molecule has 2 atom stereocenters. The number of aryl methyl sites for hydroxylation is 2. The molecule has 0 saturated carbocycles. The minimum absolute atomic E-state index is 0.421. The maximum absolute atomic E-state index is 5.90. The molecule has 1 aromatic rings. The van der Waals surface area contributed by atoms with Gasteiger partial charge in [0.2, 0.25) is 0 Å². The standard InChI is InChI=1S/C15H26N2/c1-6-13(10-16)15(17(4)5)14-8-7-11(2)12(3)9-14/h7-9,13,15H,6,10,16H2,1-5H3. The Morgan fingerprint density at radius 3 is 2.24 bits per heavy atom. The molecule has 2 nitrogen and oxygen atoms in total. The minimum atomic E-state index is 0.421. The highest BCUT2D eigenvalue weighted by atomic mass is 15.1. The Balaban J connectivity index is 3.09. The van der Waals surface area contributed by atoms with Crippen molar-refractivity contribution in [3.8, 4) is 0 Å². The smallest absolute Gasteiger partial charge is 0.0382 e. The van der Waals surface area contributed by atoms with Crippen LogP contribution in [0.15, 0.2) is 18.2 Å². The lowest BCUT2D eigenvalue weighted by Crippen LogP contribution is -2.31. The van der Waals surface area contributed by atoms with Gasteiger partial charge in [0.05, 0.1) is 0 Å². The third kappa shape index (κ3) is 3.30. The van der Waals surface area contributed by atoms with Crippen molar-refractivity contribution in [1.29, 1.82) is 0 Å². The van der Waals surface area contributed by atoms with Crippen molar-refractivity contribution in [2.24, 2.45) is 11.7 Å². The van der Waals surface area contributed by atoms with E-state index >= 15 is 0 Å². The highest BCUT2D eigenvalue weighted by molar-refractivity contribution is 5.32. The highest BCUT2D eigenvalue weighted by Crippen LogP contribution is 2.29. The largest absolute Gasteiger partial charge is 0.330 e. The van der Waals surface area contributed by atoms with Gasteiger partial charge in [-0.05, 0) is 57.1 Å². The maximum atomic E-state index is 5.90. The fourth-order valence-corrected chi connectivity index (χ4v) is 2.46. The van der Waals surface area contributed by atoms with Gasteiger partial charge in [-0.2, -0.15) is 0 Å². The first-order chi connectivity index (χ1) is 8.01. The van der Waals surface area contributed by atoms with Gasteiger partial charge >= 0.3 is 0 Å². The molecule has 96 valence electrons. The molecular formula is C15H26N2. The zero-order chi connectivity index (χ0) is 13.0. The van der Waals surface area contributed by atoms with Crippen molar-refractivity contribution in [2.45, 2.75) is 33.2 Å². The number of hydrogen-bond acceptors (Lipinski definition) is 2. The van der Waals surface area contributed by atoms with E-state index < -0.39 is 0 Å². The monoisotopic (exact) mass is 234 g/mol. The zero-order valence-electron chi connectivity index (χ0n) is 11.8. The predicted octanol–water partition coefficient (Wildman–Crippen LogP) is 2.89. The Morgan fingerprint density at radius 2 is 1.82 bits per heavy atom. The van der Waals surface area contributed by atoms with Crippen LogP contribution in [-0.4, -0.2) is 25.5 Å². The Labute approximate surface area is 106 Å². The van der Waals surface area contributed by atoms with E-state index in [9.17, 15) is 0 Å². The quantitative estimate of drug-likeness (QED) is 0.849. The molecule has 17 heavy (non-hydrogen) atoms. The average Bonchev–Trinajstić information content (AvgIpc) is 2.29. The molecule has 0 saturated heterocycles. The molecular weight excluding hydrogens is 208 g/mol. The van der Waals surface area contributed by atoms with E-state index in [0.29, 0.717) is 12.0 Å². The molecule has 0 fully saturated rings. The second-order valence-electron chi connectivity index (χ2n) is 5.16. The topological polar surface area (TPSA) is 29.3 Å². The van der Waals surface area contributed by atoms with Crippen molar-refractivity contribution in [3.63, 3.8) is 0 Å². The van der Waals surface area contributed by atoms with Gasteiger partial charge in [0, 0.05) is 6.04 Å². The van der Waals surface area contributed by atoms with E-state index in [1.54, 1.807) is 0 Å². The Kier molecular flexibility index (Phi) is 5.16. The lowest BCUT2D eigenvalue weighted by molar-refractivity contribution is 0.211. The summed E-state index contributed by atoms with van der Waals surface area (Å²) in [6.07, 6.45) is 1.12. The predicted molar refractivity (Wildman–Crippen MR) is 75.2 cm³/mol. The summed E-state index contributed by atoms with van der Waals surface area (Å²) in [5.74, 6) is 0.520. The van der Waals surface area contributed by atoms with Crippen LogP contribution in [0.1, 0.15) is 36.1 Å². The Bertz CT molecular complexity index is 354. The van der Waals surface area contributed by atoms with Gasteiger partial charge < -0.3 is 10.6 Å². The molecule has 0 aliphatic heterocycles. The number of hydrogen-bond donors (Lipinski definition) is 1. The minimum Gasteiger partial charge on any atom is -0.330 e. The molecule has 0 bridgehead atoms. The van der Waals surface area contributed by atoms with Crippen molar-refractivity contribution >= 4 is 0 Å². The summed E-state index contributed by atoms with van der Waals surface area (Å²) in [6.45, 7) is 7.29. The normalized spacial score (nSPS) is 15.0. The summed E-state index contributed by atoms with van der Waals surface area (Å²) in [6, 6.07) is 7.18. The van der Waals surface area contributed by atoms with Crippen LogP contribution in [0.4, 0.5) is 0 Å². The van der Waals surface area contributed by atoms with E-state index in [0.717, 1.165) is 13.0 Å². The second-order valence-corrected chi connectivity index (χ2v) is 5.16. The molecule has 1 aromatic carbocycles. The summed E-state index contributed by atoms with van der Waals surface area (Å²) in [5, 5.41) is 0. The maximum Gasteiger partial charge on any atom is 0.0382 e. The average molecular weight is 234 g/mol. The van der Waals surface area contributed by atoms with Crippen LogP contribution in [0, 0.1) is 19.8 Å². The first kappa shape index (κ1) is 14.2. The zero-order valence-corrected chi connectivity index (χ0v) is 11.8. The lowest BCUT2D eigenvalue weighted by atomic mass is 9.88. The van der Waals surface area contributed by atoms with E-state index in [4.69, 9.17) is 5.73 Å². The number of rotatable bonds is 5. The summed E-state index contributed by atoms with van der Waals surface area (Å²) < 4.78 is 0. The van der Waals surface area contributed by atoms with E-state index in [1.807, 2.05) is 0 Å². The van der Waals surface area contributed by atoms with E-state index in [1.165, 1.54) is 16.7 Å². The van der Waals surface area contributed by atoms with Gasteiger partial charge in [-0.1, -0.05) is 31.5 Å². The highest BCUT2D eigenvalue weighted by Gasteiger charge is 2.22. The summed E-state index contributed by atoms with van der Waals surface area (Å²) in [4.78, 5) is 2.28. The van der Waals surface area contributed by atoms with Crippen LogP contribution in [-0.2, 0) is 0 Å². The summed E-state index contributed by atoms with van der Waals surface area (Å²) in [7, 11) is 4.27. The molecule has 2 N–H and O–H groups in total. The molecule has 2 heteroatoms. The molecule has 0 aromatic heterocycles. The molecule has 0 heterocycles. The molecule has 0 aliphatic rings. The number of nitrogens with two attached hydrogens (primary N) is 1. The molecule has 0 aliphatic carbocycles. The molecule has 2 unspecified atom stereocenters. The SMILES string of the molecule is CCC(CN)C(c1ccc(C)c(C)c1)N(C)C. The van der Waals surface area contributed by atoms with E-state index in [2.05, 4.69) is 58.0 Å². The second kappa shape index (κ2) is 6.18. The first-order valence-corrected chi connectivity index (χ1v) is 6.44. The number of nitrogens with zero attached hydrogens (tertiary/aromatic N) is 1. The van der Waals surface area contributed by atoms with E-state index in [-0.39, 0.29) is 0 Å². The van der Waals surface area contributed by atoms with Crippen LogP contribution < -0.4 is 5.73 Å². The van der Waals surface area contributed by atoms with Gasteiger partial charge in [0.15, 0.2) is 0 Å². The van der Waals surface area contributed by atoms with Crippen LogP contribution in [0.5, 0.6) is 0 Å². The Hall–Kier alpha value is -0.860. The Morgan fingerprint density at radius 1 is 1.18 bits per heavy atom. The first-order valence-electron chi connectivity index (χ1n) is 6.44. The fourth-order valence-electron chi connectivity index (χ4n) is 2.46. The van der Waals surface area contributed by atoms with Crippen molar-refractivity contribution in [2.75, 3.05) is 20.6 Å². The van der Waals surface area contributed by atoms with Crippen LogP contribution in [0.25, 0.3) is 0 Å². The summed E-state index contributed by atoms with van der Waals surface area (Å²) in [5.41, 5.74) is 10.0. The molecule has 0 amide bonds. The van der Waals surface area contributed by atoms with Gasteiger partial charge in [-0.3, -0.25) is 0 Å². The van der Waals surface area contributed by atoms with Crippen molar-refractivity contribution < 1.29 is 0 Å². The van der Waals surface area contributed by atoms with Gasteiger partial charge in [-0.15, -0.1) is 0 Å². The third-order valence-electron chi connectivity index (χ3n) is 3.70. The molecule has 0 radical (unpaired) electrons. The third-order valence-corrected chi connectivity index (χ3v) is 3.70. The van der Waals surface area contributed by atoms with Crippen molar-refractivity contribution in [1.82, 2.24) is 4.90 Å². The van der Waals surface area contributed by atoms with Gasteiger partial charge in [0.1, 0.15) is 0 Å². The van der Waals surface area contributed by atoms with Gasteiger partial charge in [0.25, 0.3) is 0 Å². The van der Waals surface area contributed by atoms with Crippen LogP contribution in [0.2, 0.25) is 0 Å². The number of benzene rings is 1. The fraction of sp³-hybridized carbons (Fsp3) is 0.600. The lowest BCUT2D eigenvalue weighted by Gasteiger charge is -2.32. The van der Waals surface area contributed by atoms with Gasteiger partial charge in [-0.25, -0.2) is 0 Å². The molecule has 1 rings (SSSR count). The molecule has 0 spiro atoms. The summed E-state index contributed by atoms with van der Waals surface area (Å²) >= 11 is 0.